The van der Waals surface area contributed by atoms with Gasteiger partial charge >= 0.3 is 5.97 Å². The number of alkyl halides is 1. The molecule has 18 heavy (non-hydrogen) atoms. The first-order valence-electron chi connectivity index (χ1n) is 5.16. The minimum Gasteiger partial charge on any atom is -0.466 e. The first kappa shape index (κ1) is 14.6. The summed E-state index contributed by atoms with van der Waals surface area (Å²) in [6, 6.07) is 2.13. The summed E-state index contributed by atoms with van der Waals surface area (Å²) in [5, 5.41) is 11.0. The third kappa shape index (κ3) is 3.49. The molecule has 0 bridgehead atoms. The fraction of sp³-hybridized carbons (Fsp3) is 0.364. The van der Waals surface area contributed by atoms with Crippen molar-refractivity contribution in [3.63, 3.8) is 0 Å². The van der Waals surface area contributed by atoms with Crippen LogP contribution in [0, 0.1) is 15.9 Å². The Labute approximate surface area is 111 Å². The van der Waals surface area contributed by atoms with E-state index in [4.69, 9.17) is 0 Å². The Hall–Kier alpha value is -1.50. The maximum absolute atomic E-state index is 13.5. The van der Waals surface area contributed by atoms with Gasteiger partial charge in [0.05, 0.1) is 18.0 Å². The molecule has 0 fully saturated rings. The Bertz CT molecular complexity index is 478. The molecule has 0 amide bonds. The molecule has 98 valence electrons. The number of halogens is 2. The van der Waals surface area contributed by atoms with Crippen molar-refractivity contribution in [3.05, 3.63) is 39.2 Å². The summed E-state index contributed by atoms with van der Waals surface area (Å²) in [5.74, 6) is -1.21. The van der Waals surface area contributed by atoms with Gasteiger partial charge in [0.1, 0.15) is 5.82 Å². The molecule has 0 N–H and O–H groups in total. The molecule has 0 unspecified atom stereocenters. The molecule has 0 saturated heterocycles. The van der Waals surface area contributed by atoms with Crippen LogP contribution in [0.15, 0.2) is 12.1 Å². The van der Waals surface area contributed by atoms with Crippen LogP contribution in [0.1, 0.15) is 18.1 Å². The molecule has 0 aliphatic rings. The lowest BCUT2D eigenvalue weighted by molar-refractivity contribution is -0.385. The highest BCUT2D eigenvalue weighted by molar-refractivity contribution is 9.08. The zero-order valence-corrected chi connectivity index (χ0v) is 11.2. The second-order valence-electron chi connectivity index (χ2n) is 3.44. The van der Waals surface area contributed by atoms with Crippen molar-refractivity contribution in [3.8, 4) is 0 Å². The minimum absolute atomic E-state index is 0.0145. The van der Waals surface area contributed by atoms with Crippen molar-refractivity contribution in [2.75, 3.05) is 6.61 Å². The van der Waals surface area contributed by atoms with Crippen molar-refractivity contribution in [2.24, 2.45) is 0 Å². The van der Waals surface area contributed by atoms with Gasteiger partial charge < -0.3 is 4.74 Å². The maximum Gasteiger partial charge on any atom is 0.310 e. The summed E-state index contributed by atoms with van der Waals surface area (Å²) in [5.41, 5.74) is -0.0890. The molecule has 7 heteroatoms. The van der Waals surface area contributed by atoms with Gasteiger partial charge in [-0.05, 0) is 13.0 Å². The van der Waals surface area contributed by atoms with Crippen LogP contribution in [-0.4, -0.2) is 17.5 Å². The monoisotopic (exact) mass is 319 g/mol. The van der Waals surface area contributed by atoms with Crippen LogP contribution in [-0.2, 0) is 21.3 Å². The van der Waals surface area contributed by atoms with Gasteiger partial charge in [0.2, 0.25) is 0 Å². The molecular weight excluding hydrogens is 309 g/mol. The lowest BCUT2D eigenvalue weighted by Gasteiger charge is -2.06. The largest absolute Gasteiger partial charge is 0.466 e. The van der Waals surface area contributed by atoms with Crippen molar-refractivity contribution in [1.29, 1.82) is 0 Å². The van der Waals surface area contributed by atoms with E-state index < -0.39 is 16.7 Å². The Morgan fingerprint density at radius 3 is 2.67 bits per heavy atom. The molecule has 1 rings (SSSR count). The van der Waals surface area contributed by atoms with Gasteiger partial charge in [-0.15, -0.1) is 0 Å². The molecule has 1 aromatic rings. The standard InChI is InChI=1S/C11H11BrFNO4/c1-2-18-11(15)5-7-3-9(13)8(6-12)4-10(7)14(16)17/h3-4H,2,5-6H2,1H3. The van der Waals surface area contributed by atoms with Gasteiger partial charge in [0.15, 0.2) is 0 Å². The number of hydrogen-bond acceptors (Lipinski definition) is 4. The number of ether oxygens (including phenoxy) is 1. The molecule has 0 aliphatic heterocycles. The van der Waals surface area contributed by atoms with Gasteiger partial charge in [-0.2, -0.15) is 0 Å². The van der Waals surface area contributed by atoms with Crippen molar-refractivity contribution < 1.29 is 18.8 Å². The van der Waals surface area contributed by atoms with Crippen molar-refractivity contribution in [1.82, 2.24) is 0 Å². The highest BCUT2D eigenvalue weighted by Crippen LogP contribution is 2.25. The SMILES string of the molecule is CCOC(=O)Cc1cc(F)c(CBr)cc1[N+](=O)[O-]. The highest BCUT2D eigenvalue weighted by atomic mass is 79.9. The normalized spacial score (nSPS) is 10.2. The number of benzene rings is 1. The first-order valence-corrected chi connectivity index (χ1v) is 6.29. The molecule has 1 aromatic carbocycles. The van der Waals surface area contributed by atoms with Crippen LogP contribution >= 0.6 is 15.9 Å². The van der Waals surface area contributed by atoms with E-state index in [1.54, 1.807) is 6.92 Å². The van der Waals surface area contributed by atoms with E-state index in [9.17, 15) is 19.3 Å². The van der Waals surface area contributed by atoms with Crippen LogP contribution in [0.4, 0.5) is 10.1 Å². The van der Waals surface area contributed by atoms with E-state index >= 15 is 0 Å². The summed E-state index contributed by atoms with van der Waals surface area (Å²) >= 11 is 3.04. The topological polar surface area (TPSA) is 69.4 Å². The number of carbonyl (C=O) groups excluding carboxylic acids is 1. The van der Waals surface area contributed by atoms with E-state index in [1.807, 2.05) is 0 Å². The Kier molecular flexibility index (Phi) is 5.21. The van der Waals surface area contributed by atoms with Gasteiger partial charge in [-0.3, -0.25) is 14.9 Å². The molecule has 0 heterocycles. The number of nitro benzene ring substituents is 1. The van der Waals surface area contributed by atoms with Gasteiger partial charge in [0, 0.05) is 22.5 Å². The van der Waals surface area contributed by atoms with Gasteiger partial charge in [0.25, 0.3) is 5.69 Å². The number of esters is 1. The highest BCUT2D eigenvalue weighted by Gasteiger charge is 2.20. The molecule has 5 nitrogen and oxygen atoms in total. The molecular formula is C11H11BrFNO4. The van der Waals surface area contributed by atoms with Crippen LogP contribution in [0.3, 0.4) is 0 Å². The summed E-state index contributed by atoms with van der Waals surface area (Å²) in [6.07, 6.45) is -0.316. The van der Waals surface area contributed by atoms with Crippen LogP contribution in [0.25, 0.3) is 0 Å². The summed E-state index contributed by atoms with van der Waals surface area (Å²) < 4.78 is 18.2. The summed E-state index contributed by atoms with van der Waals surface area (Å²) in [4.78, 5) is 21.5. The number of nitro groups is 1. The second kappa shape index (κ2) is 6.44. The second-order valence-corrected chi connectivity index (χ2v) is 4.01. The number of nitrogens with zero attached hydrogens (tertiary/aromatic N) is 1. The molecule has 0 aliphatic carbocycles. The van der Waals surface area contributed by atoms with E-state index in [2.05, 4.69) is 20.7 Å². The Balaban J connectivity index is 3.13. The quantitative estimate of drug-likeness (QED) is 0.362. The van der Waals surface area contributed by atoms with Gasteiger partial charge in [-0.1, -0.05) is 15.9 Å². The lowest BCUT2D eigenvalue weighted by Crippen LogP contribution is -2.10. The Morgan fingerprint density at radius 1 is 1.50 bits per heavy atom. The average Bonchev–Trinajstić information content (AvgIpc) is 2.29. The molecule has 0 aromatic heterocycles. The van der Waals surface area contributed by atoms with E-state index in [0.29, 0.717) is 0 Å². The number of hydrogen-bond donors (Lipinski definition) is 0. The van der Waals surface area contributed by atoms with Crippen molar-refractivity contribution >= 4 is 27.6 Å². The minimum atomic E-state index is -0.639. The summed E-state index contributed by atoms with van der Waals surface area (Å²) in [6.45, 7) is 1.80. The number of rotatable bonds is 5. The van der Waals surface area contributed by atoms with Crippen LogP contribution < -0.4 is 0 Å². The smallest absolute Gasteiger partial charge is 0.310 e. The summed E-state index contributed by atoms with van der Waals surface area (Å²) in [7, 11) is 0. The van der Waals surface area contributed by atoms with Crippen molar-refractivity contribution in [2.45, 2.75) is 18.7 Å². The molecule has 0 spiro atoms. The molecule has 0 radical (unpaired) electrons. The predicted molar refractivity (Wildman–Crippen MR) is 66.0 cm³/mol. The van der Waals surface area contributed by atoms with E-state index in [0.717, 1.165) is 12.1 Å². The zero-order valence-electron chi connectivity index (χ0n) is 9.61. The predicted octanol–water partition coefficient (Wildman–Crippen LogP) is 2.73. The fourth-order valence-corrected chi connectivity index (χ4v) is 1.86. The fourth-order valence-electron chi connectivity index (χ4n) is 1.43. The molecule has 0 atom stereocenters. The first-order chi connectivity index (χ1) is 8.49. The third-order valence-corrected chi connectivity index (χ3v) is 2.83. The van der Waals surface area contributed by atoms with Crippen LogP contribution in [0.2, 0.25) is 0 Å². The van der Waals surface area contributed by atoms with E-state index in [1.165, 1.54) is 0 Å². The number of carbonyl (C=O) groups is 1. The average molecular weight is 320 g/mol. The molecule has 0 saturated carbocycles. The zero-order chi connectivity index (χ0) is 13.7. The maximum atomic E-state index is 13.5. The van der Waals surface area contributed by atoms with Gasteiger partial charge in [-0.25, -0.2) is 4.39 Å². The third-order valence-electron chi connectivity index (χ3n) is 2.23. The van der Waals surface area contributed by atoms with E-state index in [-0.39, 0.29) is 35.2 Å². The lowest BCUT2D eigenvalue weighted by atomic mass is 10.1. The van der Waals surface area contributed by atoms with Crippen LogP contribution in [0.5, 0.6) is 0 Å². The Morgan fingerprint density at radius 2 is 2.17 bits per heavy atom.